The van der Waals surface area contributed by atoms with Crippen LogP contribution in [0.25, 0.3) is 0 Å². The van der Waals surface area contributed by atoms with E-state index >= 15 is 0 Å². The van der Waals surface area contributed by atoms with Crippen LogP contribution in [0.2, 0.25) is 0 Å². The van der Waals surface area contributed by atoms with Crippen LogP contribution in [0, 0.1) is 0 Å². The highest BCUT2D eigenvalue weighted by atomic mass is 32.1. The number of para-hydroxylation sites is 1. The molecule has 0 aliphatic heterocycles. The van der Waals surface area contributed by atoms with Crippen molar-refractivity contribution < 1.29 is 19.4 Å². The van der Waals surface area contributed by atoms with Gasteiger partial charge in [0.2, 0.25) is 0 Å². The minimum Gasteiger partial charge on any atom is -0.545 e. The summed E-state index contributed by atoms with van der Waals surface area (Å²) in [5.41, 5.74) is 0.594. The van der Waals surface area contributed by atoms with Gasteiger partial charge in [0, 0.05) is 16.8 Å². The second kappa shape index (κ2) is 8.25. The number of rotatable bonds is 5. The zero-order valence-corrected chi connectivity index (χ0v) is 14.6. The fourth-order valence-electron chi connectivity index (χ4n) is 2.06. The van der Waals surface area contributed by atoms with E-state index in [1.807, 2.05) is 13.8 Å². The molecule has 6 nitrogen and oxygen atoms in total. The van der Waals surface area contributed by atoms with Gasteiger partial charge in [-0.15, -0.1) is 0 Å². The summed E-state index contributed by atoms with van der Waals surface area (Å²) in [6, 6.07) is 12.7. The van der Waals surface area contributed by atoms with E-state index in [-0.39, 0.29) is 22.5 Å². The van der Waals surface area contributed by atoms with Crippen LogP contribution in [0.15, 0.2) is 48.5 Å². The van der Waals surface area contributed by atoms with E-state index in [0.717, 1.165) is 0 Å². The highest BCUT2D eigenvalue weighted by Gasteiger charge is 2.10. The molecular formula is C18H17N2O4S-. The van der Waals surface area contributed by atoms with Crippen LogP contribution in [0.4, 0.5) is 5.69 Å². The Morgan fingerprint density at radius 2 is 1.72 bits per heavy atom. The van der Waals surface area contributed by atoms with Gasteiger partial charge >= 0.3 is 0 Å². The van der Waals surface area contributed by atoms with Crippen LogP contribution >= 0.6 is 12.2 Å². The van der Waals surface area contributed by atoms with Gasteiger partial charge in [-0.05, 0) is 56.4 Å². The molecule has 0 fully saturated rings. The van der Waals surface area contributed by atoms with Crippen molar-refractivity contribution in [3.63, 3.8) is 0 Å². The number of nitrogens with one attached hydrogen (secondary N) is 2. The number of hydrogen-bond acceptors (Lipinski definition) is 5. The van der Waals surface area contributed by atoms with Crippen molar-refractivity contribution in [2.24, 2.45) is 0 Å². The SMILES string of the molecule is CC(C)Oc1ccc(C(=O)NC(=S)Nc2ccccc2C(=O)[O-])cc1. The molecule has 0 aliphatic carbocycles. The zero-order valence-electron chi connectivity index (χ0n) is 13.7. The third-order valence-corrected chi connectivity index (χ3v) is 3.31. The standard InChI is InChI=1S/C18H18N2O4S/c1-11(2)24-13-9-7-12(8-10-13)16(21)20-18(25)19-15-6-4-3-5-14(15)17(22)23/h3-11H,1-2H3,(H,22,23)(H2,19,20,21,25)/p-1. The Bertz CT molecular complexity index is 788. The molecule has 2 aromatic rings. The van der Waals surface area contributed by atoms with Crippen molar-refractivity contribution in [1.29, 1.82) is 0 Å². The second-order valence-corrected chi connectivity index (χ2v) is 5.84. The van der Waals surface area contributed by atoms with Gasteiger partial charge in [0.15, 0.2) is 5.11 Å². The summed E-state index contributed by atoms with van der Waals surface area (Å²) in [6.45, 7) is 3.82. The Kier molecular flexibility index (Phi) is 6.08. The highest BCUT2D eigenvalue weighted by molar-refractivity contribution is 7.80. The molecular weight excluding hydrogens is 340 g/mol. The Hall–Kier alpha value is -2.93. The topological polar surface area (TPSA) is 90.5 Å². The third kappa shape index (κ3) is 5.29. The van der Waals surface area contributed by atoms with Gasteiger partial charge in [0.05, 0.1) is 12.1 Å². The maximum absolute atomic E-state index is 12.2. The highest BCUT2D eigenvalue weighted by Crippen LogP contribution is 2.15. The van der Waals surface area contributed by atoms with E-state index in [1.165, 1.54) is 12.1 Å². The average Bonchev–Trinajstić information content (AvgIpc) is 2.55. The van der Waals surface area contributed by atoms with Crippen LogP contribution in [0.1, 0.15) is 34.6 Å². The monoisotopic (exact) mass is 357 g/mol. The number of carboxylic acid groups (broad SMARTS) is 1. The maximum atomic E-state index is 12.2. The van der Waals surface area contributed by atoms with Crippen molar-refractivity contribution in [1.82, 2.24) is 5.32 Å². The van der Waals surface area contributed by atoms with Crippen LogP contribution in [-0.4, -0.2) is 23.1 Å². The Morgan fingerprint density at radius 3 is 2.32 bits per heavy atom. The smallest absolute Gasteiger partial charge is 0.257 e. The molecule has 2 aromatic carbocycles. The molecule has 0 bridgehead atoms. The molecule has 2 N–H and O–H groups in total. The zero-order chi connectivity index (χ0) is 18.4. The molecule has 1 amide bonds. The van der Waals surface area contributed by atoms with Crippen molar-refractivity contribution in [3.8, 4) is 5.75 Å². The summed E-state index contributed by atoms with van der Waals surface area (Å²) in [5.74, 6) is -1.09. The predicted molar refractivity (Wildman–Crippen MR) is 96.7 cm³/mol. The third-order valence-electron chi connectivity index (χ3n) is 3.11. The van der Waals surface area contributed by atoms with E-state index in [2.05, 4.69) is 10.6 Å². The van der Waals surface area contributed by atoms with E-state index < -0.39 is 11.9 Å². The second-order valence-electron chi connectivity index (χ2n) is 5.43. The lowest BCUT2D eigenvalue weighted by Crippen LogP contribution is -2.35. The number of anilines is 1. The van der Waals surface area contributed by atoms with Crippen molar-refractivity contribution in [2.45, 2.75) is 20.0 Å². The molecule has 2 rings (SSSR count). The van der Waals surface area contributed by atoms with Gasteiger partial charge in [-0.25, -0.2) is 0 Å². The number of amides is 1. The van der Waals surface area contributed by atoms with Crippen LogP contribution in [0.5, 0.6) is 5.75 Å². The molecule has 0 spiro atoms. The molecule has 0 saturated heterocycles. The molecule has 0 saturated carbocycles. The number of aromatic carboxylic acids is 1. The number of hydrogen-bond donors (Lipinski definition) is 2. The molecule has 0 aromatic heterocycles. The normalized spacial score (nSPS) is 10.2. The van der Waals surface area contributed by atoms with Crippen LogP contribution < -0.4 is 20.5 Å². The van der Waals surface area contributed by atoms with Crippen molar-refractivity contribution >= 4 is 34.9 Å². The number of carbonyl (C=O) groups is 2. The van der Waals surface area contributed by atoms with Gasteiger partial charge in [0.1, 0.15) is 5.75 Å². The first-order valence-electron chi connectivity index (χ1n) is 7.56. The number of carbonyl (C=O) groups excluding carboxylic acids is 2. The summed E-state index contributed by atoms with van der Waals surface area (Å²) >= 11 is 5.06. The Balaban J connectivity index is 2.01. The van der Waals surface area contributed by atoms with Crippen LogP contribution in [-0.2, 0) is 0 Å². The molecule has 130 valence electrons. The first-order chi connectivity index (χ1) is 11.9. The van der Waals surface area contributed by atoms with Gasteiger partial charge in [-0.3, -0.25) is 10.1 Å². The van der Waals surface area contributed by atoms with Crippen LogP contribution in [0.3, 0.4) is 0 Å². The minimum atomic E-state index is -1.34. The molecule has 0 atom stereocenters. The van der Waals surface area contributed by atoms with Gasteiger partial charge in [-0.2, -0.15) is 0 Å². The lowest BCUT2D eigenvalue weighted by molar-refractivity contribution is -0.254. The molecule has 0 aliphatic rings. The lowest BCUT2D eigenvalue weighted by Gasteiger charge is -2.14. The number of ether oxygens (including phenoxy) is 1. The predicted octanol–water partition coefficient (Wildman–Crippen LogP) is 1.96. The van der Waals surface area contributed by atoms with Gasteiger partial charge in [-0.1, -0.05) is 18.2 Å². The maximum Gasteiger partial charge on any atom is 0.257 e. The quantitative estimate of drug-likeness (QED) is 0.795. The van der Waals surface area contributed by atoms with Crippen molar-refractivity contribution in [3.05, 3.63) is 59.7 Å². The van der Waals surface area contributed by atoms with E-state index in [4.69, 9.17) is 17.0 Å². The molecule has 7 heteroatoms. The fraction of sp³-hybridized carbons (Fsp3) is 0.167. The molecule has 0 unspecified atom stereocenters. The Morgan fingerprint density at radius 1 is 1.08 bits per heavy atom. The average molecular weight is 357 g/mol. The largest absolute Gasteiger partial charge is 0.545 e. The summed E-state index contributed by atoms with van der Waals surface area (Å²) in [4.78, 5) is 23.3. The minimum absolute atomic E-state index is 0.0128. The van der Waals surface area contributed by atoms with Gasteiger partial charge in [0.25, 0.3) is 5.91 Å². The first kappa shape index (κ1) is 18.4. The number of carboxylic acids is 1. The Labute approximate surface area is 150 Å². The summed E-state index contributed by atoms with van der Waals surface area (Å²) < 4.78 is 5.51. The van der Waals surface area contributed by atoms with Crippen molar-refractivity contribution in [2.75, 3.05) is 5.32 Å². The lowest BCUT2D eigenvalue weighted by atomic mass is 10.2. The first-order valence-corrected chi connectivity index (χ1v) is 7.97. The summed E-state index contributed by atoms with van der Waals surface area (Å²) in [7, 11) is 0. The fourth-order valence-corrected chi connectivity index (χ4v) is 2.26. The van der Waals surface area contributed by atoms with E-state index in [0.29, 0.717) is 11.3 Å². The summed E-state index contributed by atoms with van der Waals surface area (Å²) in [5, 5.41) is 16.2. The number of thiocarbonyl (C=S) groups is 1. The molecule has 0 heterocycles. The van der Waals surface area contributed by atoms with E-state index in [1.54, 1.807) is 36.4 Å². The summed E-state index contributed by atoms with van der Waals surface area (Å²) in [6.07, 6.45) is 0.0419. The molecule has 0 radical (unpaired) electrons. The van der Waals surface area contributed by atoms with E-state index in [9.17, 15) is 14.7 Å². The van der Waals surface area contributed by atoms with Gasteiger partial charge < -0.3 is 20.0 Å². The molecule has 25 heavy (non-hydrogen) atoms. The number of benzene rings is 2.